The lowest BCUT2D eigenvalue weighted by molar-refractivity contribution is -0.145. The van der Waals surface area contributed by atoms with Crippen LogP contribution in [0.1, 0.15) is 24.8 Å². The number of amides is 1. The number of rotatable bonds is 5. The van der Waals surface area contributed by atoms with Crippen LogP contribution in [-0.2, 0) is 16.0 Å². The van der Waals surface area contributed by atoms with E-state index < -0.39 is 5.97 Å². The number of hydrogen-bond donors (Lipinski definition) is 1. The first-order valence-electron chi connectivity index (χ1n) is 7.34. The summed E-state index contributed by atoms with van der Waals surface area (Å²) >= 11 is 3.42. The minimum atomic E-state index is -0.758. The van der Waals surface area contributed by atoms with E-state index in [1.165, 1.54) is 0 Å². The average molecular weight is 370 g/mol. The first-order chi connectivity index (χ1) is 10.5. The van der Waals surface area contributed by atoms with Crippen molar-refractivity contribution in [3.8, 4) is 5.75 Å². The van der Waals surface area contributed by atoms with E-state index in [1.54, 1.807) is 12.0 Å². The van der Waals surface area contributed by atoms with Crippen LogP contribution in [-0.4, -0.2) is 42.1 Å². The molecule has 6 heteroatoms. The predicted octanol–water partition coefficient (Wildman–Crippen LogP) is 2.71. The molecule has 22 heavy (non-hydrogen) atoms. The maximum atomic E-state index is 12.3. The van der Waals surface area contributed by atoms with Gasteiger partial charge in [0, 0.05) is 24.0 Å². The molecular formula is C16H20BrNO4. The Labute approximate surface area is 138 Å². The minimum absolute atomic E-state index is 0.0749. The molecule has 0 aliphatic carbocycles. The van der Waals surface area contributed by atoms with Crippen molar-refractivity contribution in [2.45, 2.75) is 25.7 Å². The summed E-state index contributed by atoms with van der Waals surface area (Å²) in [6.45, 7) is 1.07. The molecule has 1 aromatic rings. The molecule has 1 amide bonds. The number of benzene rings is 1. The summed E-state index contributed by atoms with van der Waals surface area (Å²) in [6.07, 6.45) is 2.10. The zero-order valence-corrected chi connectivity index (χ0v) is 14.1. The van der Waals surface area contributed by atoms with Crippen molar-refractivity contribution in [3.05, 3.63) is 28.2 Å². The van der Waals surface area contributed by atoms with Crippen molar-refractivity contribution in [1.29, 1.82) is 0 Å². The van der Waals surface area contributed by atoms with Gasteiger partial charge in [0.15, 0.2) is 0 Å². The summed E-state index contributed by atoms with van der Waals surface area (Å²) in [5.41, 5.74) is 0.991. The van der Waals surface area contributed by atoms with E-state index in [0.29, 0.717) is 38.8 Å². The van der Waals surface area contributed by atoms with Crippen LogP contribution in [0.3, 0.4) is 0 Å². The molecule has 1 aliphatic heterocycles. The summed E-state index contributed by atoms with van der Waals surface area (Å²) in [5.74, 6) is -0.216. The fourth-order valence-electron chi connectivity index (χ4n) is 2.72. The largest absolute Gasteiger partial charge is 0.496 e. The van der Waals surface area contributed by atoms with E-state index in [9.17, 15) is 9.59 Å². The number of aryl methyl sites for hydroxylation is 1. The molecule has 1 heterocycles. The molecule has 0 radical (unpaired) electrons. The molecule has 0 atom stereocenters. The van der Waals surface area contributed by atoms with Crippen molar-refractivity contribution in [2.75, 3.05) is 20.2 Å². The van der Waals surface area contributed by atoms with Crippen LogP contribution < -0.4 is 4.74 Å². The van der Waals surface area contributed by atoms with Gasteiger partial charge in [0.25, 0.3) is 0 Å². The summed E-state index contributed by atoms with van der Waals surface area (Å²) < 4.78 is 6.26. The molecule has 0 unspecified atom stereocenters. The Kier molecular flexibility index (Phi) is 5.83. The fraction of sp³-hybridized carbons (Fsp3) is 0.500. The molecule has 120 valence electrons. The molecule has 0 bridgehead atoms. The highest BCUT2D eigenvalue weighted by Crippen LogP contribution is 2.25. The number of aliphatic carboxylic acids is 1. The summed E-state index contributed by atoms with van der Waals surface area (Å²) in [4.78, 5) is 24.9. The van der Waals surface area contributed by atoms with Crippen LogP contribution in [0.15, 0.2) is 22.7 Å². The lowest BCUT2D eigenvalue weighted by atomic mass is 9.96. The van der Waals surface area contributed by atoms with Gasteiger partial charge in [-0.25, -0.2) is 0 Å². The number of halogens is 1. The van der Waals surface area contributed by atoms with Crippen LogP contribution in [0.2, 0.25) is 0 Å². The van der Waals surface area contributed by atoms with Gasteiger partial charge in [-0.05, 0) is 43.0 Å². The number of hydrogen-bond acceptors (Lipinski definition) is 3. The second-order valence-corrected chi connectivity index (χ2v) is 6.37. The van der Waals surface area contributed by atoms with Crippen molar-refractivity contribution in [2.24, 2.45) is 5.92 Å². The van der Waals surface area contributed by atoms with Gasteiger partial charge in [-0.1, -0.05) is 15.9 Å². The first kappa shape index (κ1) is 16.8. The normalized spacial score (nSPS) is 15.6. The number of nitrogens with zero attached hydrogens (tertiary/aromatic N) is 1. The second-order valence-electron chi connectivity index (χ2n) is 5.45. The Balaban J connectivity index is 1.88. The van der Waals surface area contributed by atoms with Gasteiger partial charge in [-0.2, -0.15) is 0 Å². The number of carboxylic acids is 1. The molecule has 1 N–H and O–H groups in total. The van der Waals surface area contributed by atoms with E-state index in [4.69, 9.17) is 9.84 Å². The number of methoxy groups -OCH3 is 1. The monoisotopic (exact) mass is 369 g/mol. The average Bonchev–Trinajstić information content (AvgIpc) is 2.52. The van der Waals surface area contributed by atoms with Crippen LogP contribution in [0.4, 0.5) is 0 Å². The van der Waals surface area contributed by atoms with E-state index >= 15 is 0 Å². The number of likely N-dealkylation sites (tertiary alicyclic amines) is 1. The summed E-state index contributed by atoms with van der Waals surface area (Å²) in [5, 5.41) is 8.98. The topological polar surface area (TPSA) is 66.8 Å². The van der Waals surface area contributed by atoms with Gasteiger partial charge in [0.2, 0.25) is 5.91 Å². The molecule has 0 spiro atoms. The predicted molar refractivity (Wildman–Crippen MR) is 86.0 cm³/mol. The van der Waals surface area contributed by atoms with Crippen LogP contribution in [0.25, 0.3) is 0 Å². The Hall–Kier alpha value is -1.56. The SMILES string of the molecule is COc1ccc(Br)cc1CCC(=O)N1CCC(C(=O)O)CC1. The maximum Gasteiger partial charge on any atom is 0.306 e. The first-order valence-corrected chi connectivity index (χ1v) is 8.13. The van der Waals surface area contributed by atoms with E-state index in [2.05, 4.69) is 15.9 Å². The molecule has 5 nitrogen and oxygen atoms in total. The van der Waals surface area contributed by atoms with Gasteiger partial charge < -0.3 is 14.7 Å². The van der Waals surface area contributed by atoms with Gasteiger partial charge in [0.1, 0.15) is 5.75 Å². The highest BCUT2D eigenvalue weighted by atomic mass is 79.9. The zero-order valence-electron chi connectivity index (χ0n) is 12.5. The van der Waals surface area contributed by atoms with Crippen molar-refractivity contribution in [1.82, 2.24) is 4.90 Å². The zero-order chi connectivity index (χ0) is 16.1. The van der Waals surface area contributed by atoms with Crippen molar-refractivity contribution < 1.29 is 19.4 Å². The Morgan fingerprint density at radius 1 is 1.36 bits per heavy atom. The fourth-order valence-corrected chi connectivity index (χ4v) is 3.13. The number of carbonyl (C=O) groups excluding carboxylic acids is 1. The molecule has 0 aromatic heterocycles. The van der Waals surface area contributed by atoms with E-state index in [0.717, 1.165) is 15.8 Å². The summed E-state index contributed by atoms with van der Waals surface area (Å²) in [7, 11) is 1.62. The molecular weight excluding hydrogens is 350 g/mol. The van der Waals surface area contributed by atoms with Crippen LogP contribution >= 0.6 is 15.9 Å². The van der Waals surface area contributed by atoms with Crippen LogP contribution in [0.5, 0.6) is 5.75 Å². The minimum Gasteiger partial charge on any atom is -0.496 e. The van der Waals surface area contributed by atoms with E-state index in [1.807, 2.05) is 18.2 Å². The lowest BCUT2D eigenvalue weighted by Crippen LogP contribution is -2.40. The Morgan fingerprint density at radius 2 is 2.05 bits per heavy atom. The standard InChI is InChI=1S/C16H20BrNO4/c1-22-14-4-3-13(17)10-12(14)2-5-15(19)18-8-6-11(7-9-18)16(20)21/h3-4,10-11H,2,5-9H2,1H3,(H,20,21). The van der Waals surface area contributed by atoms with Crippen molar-refractivity contribution in [3.63, 3.8) is 0 Å². The van der Waals surface area contributed by atoms with Gasteiger partial charge in [-0.3, -0.25) is 9.59 Å². The maximum absolute atomic E-state index is 12.3. The Morgan fingerprint density at radius 3 is 2.64 bits per heavy atom. The molecule has 2 rings (SSSR count). The third-order valence-electron chi connectivity index (χ3n) is 4.05. The quantitative estimate of drug-likeness (QED) is 0.866. The second kappa shape index (κ2) is 7.63. The molecule has 0 saturated carbocycles. The smallest absolute Gasteiger partial charge is 0.306 e. The highest BCUT2D eigenvalue weighted by Gasteiger charge is 2.26. The van der Waals surface area contributed by atoms with Gasteiger partial charge >= 0.3 is 5.97 Å². The number of carbonyl (C=O) groups is 2. The van der Waals surface area contributed by atoms with E-state index in [-0.39, 0.29) is 11.8 Å². The molecule has 1 aromatic carbocycles. The summed E-state index contributed by atoms with van der Waals surface area (Å²) in [6, 6.07) is 5.74. The Bertz CT molecular complexity index is 553. The van der Waals surface area contributed by atoms with Crippen molar-refractivity contribution >= 4 is 27.8 Å². The number of ether oxygens (including phenoxy) is 1. The number of piperidine rings is 1. The molecule has 1 fully saturated rings. The van der Waals surface area contributed by atoms with Gasteiger partial charge in [0.05, 0.1) is 13.0 Å². The van der Waals surface area contributed by atoms with Gasteiger partial charge in [-0.15, -0.1) is 0 Å². The lowest BCUT2D eigenvalue weighted by Gasteiger charge is -2.30. The number of carboxylic acid groups (broad SMARTS) is 1. The third-order valence-corrected chi connectivity index (χ3v) is 4.54. The molecule has 1 aliphatic rings. The van der Waals surface area contributed by atoms with Crippen LogP contribution in [0, 0.1) is 5.92 Å². The molecule has 1 saturated heterocycles. The third kappa shape index (κ3) is 4.22. The highest BCUT2D eigenvalue weighted by molar-refractivity contribution is 9.10.